The number of benzene rings is 1. The fraction of sp³-hybridized carbons (Fsp3) is 0.357. The molecule has 3 N–H and O–H groups in total. The molecule has 2 amide bonds. The van der Waals surface area contributed by atoms with E-state index in [0.29, 0.717) is 6.54 Å². The van der Waals surface area contributed by atoms with Gasteiger partial charge < -0.3 is 15.6 Å². The van der Waals surface area contributed by atoms with Gasteiger partial charge in [-0.05, 0) is 36.1 Å². The lowest BCUT2D eigenvalue weighted by molar-refractivity contribution is 0.240. The first-order valence-electron chi connectivity index (χ1n) is 6.37. The number of nitrogens with one attached hydrogen (secondary N) is 3. The summed E-state index contributed by atoms with van der Waals surface area (Å²) in [5.74, 6) is 1.07. The number of hydrogen-bond acceptors (Lipinski definition) is 2. The van der Waals surface area contributed by atoms with Crippen LogP contribution >= 0.6 is 11.8 Å². The maximum absolute atomic E-state index is 11.6. The highest BCUT2D eigenvalue weighted by atomic mass is 32.2. The third-order valence-corrected chi connectivity index (χ3v) is 3.63. The second kappa shape index (κ2) is 7.09. The summed E-state index contributed by atoms with van der Waals surface area (Å²) in [6, 6.07) is 7.98. The lowest BCUT2D eigenvalue weighted by Gasteiger charge is -2.08. The maximum Gasteiger partial charge on any atom is 0.315 e. The Kier molecular flexibility index (Phi) is 5.15. The molecule has 0 bridgehead atoms. The number of thioether (sulfide) groups is 1. The molecule has 5 heteroatoms. The van der Waals surface area contributed by atoms with Crippen molar-refractivity contribution in [3.63, 3.8) is 0 Å². The van der Waals surface area contributed by atoms with Crippen LogP contribution in [0.1, 0.15) is 12.0 Å². The van der Waals surface area contributed by atoms with Crippen molar-refractivity contribution in [3.05, 3.63) is 36.0 Å². The number of aromatic nitrogens is 1. The van der Waals surface area contributed by atoms with Crippen LogP contribution in [0.4, 0.5) is 4.79 Å². The topological polar surface area (TPSA) is 56.9 Å². The fourth-order valence-corrected chi connectivity index (χ4v) is 2.39. The molecular weight excluding hydrogens is 258 g/mol. The molecule has 0 spiro atoms. The van der Waals surface area contributed by atoms with Gasteiger partial charge in [0.2, 0.25) is 0 Å². The fourth-order valence-electron chi connectivity index (χ4n) is 1.96. The number of urea groups is 1. The zero-order valence-electron chi connectivity index (χ0n) is 11.0. The zero-order valence-corrected chi connectivity index (χ0v) is 11.8. The molecular formula is C14H19N3OS. The third kappa shape index (κ3) is 3.92. The predicted octanol–water partition coefficient (Wildman–Crippen LogP) is 2.72. The standard InChI is InChI=1S/C14H19N3OS/c1-19-9-3-7-16-14(18)17-10-11-4-2-5-13-12(11)6-8-15-13/h2,4-6,8,15H,3,7,9-10H2,1H3,(H2,16,17,18). The summed E-state index contributed by atoms with van der Waals surface area (Å²) in [6.07, 6.45) is 4.98. The summed E-state index contributed by atoms with van der Waals surface area (Å²) in [5.41, 5.74) is 2.22. The van der Waals surface area contributed by atoms with E-state index in [0.717, 1.165) is 35.2 Å². The molecule has 0 aliphatic carbocycles. The Hall–Kier alpha value is -1.62. The monoisotopic (exact) mass is 277 g/mol. The summed E-state index contributed by atoms with van der Waals surface area (Å²) < 4.78 is 0. The number of carbonyl (C=O) groups excluding carboxylic acids is 1. The lowest BCUT2D eigenvalue weighted by Crippen LogP contribution is -2.35. The molecule has 1 heterocycles. The molecule has 0 aliphatic rings. The first-order valence-corrected chi connectivity index (χ1v) is 7.76. The van der Waals surface area contributed by atoms with Crippen molar-refractivity contribution < 1.29 is 4.79 Å². The highest BCUT2D eigenvalue weighted by Gasteiger charge is 2.03. The Morgan fingerprint density at radius 2 is 2.21 bits per heavy atom. The van der Waals surface area contributed by atoms with Crippen LogP contribution < -0.4 is 10.6 Å². The second-order valence-electron chi connectivity index (χ2n) is 4.31. The van der Waals surface area contributed by atoms with E-state index in [1.807, 2.05) is 30.5 Å². The molecule has 1 aromatic carbocycles. The molecule has 0 fully saturated rings. The number of fused-ring (bicyclic) bond motifs is 1. The summed E-state index contributed by atoms with van der Waals surface area (Å²) in [4.78, 5) is 14.8. The number of amides is 2. The largest absolute Gasteiger partial charge is 0.361 e. The predicted molar refractivity (Wildman–Crippen MR) is 81.5 cm³/mol. The normalized spacial score (nSPS) is 10.6. The van der Waals surface area contributed by atoms with Crippen molar-refractivity contribution in [2.75, 3.05) is 18.6 Å². The summed E-state index contributed by atoms with van der Waals surface area (Å²) in [6.45, 7) is 1.27. The number of rotatable bonds is 6. The SMILES string of the molecule is CSCCCNC(=O)NCc1cccc2[nH]ccc12. The molecule has 4 nitrogen and oxygen atoms in total. The quantitative estimate of drug-likeness (QED) is 0.711. The smallest absolute Gasteiger partial charge is 0.315 e. The number of H-pyrrole nitrogens is 1. The number of hydrogen-bond donors (Lipinski definition) is 3. The van der Waals surface area contributed by atoms with Gasteiger partial charge in [-0.15, -0.1) is 0 Å². The van der Waals surface area contributed by atoms with Crippen LogP contribution in [-0.4, -0.2) is 29.6 Å². The van der Waals surface area contributed by atoms with Crippen molar-refractivity contribution in [2.45, 2.75) is 13.0 Å². The van der Waals surface area contributed by atoms with E-state index in [4.69, 9.17) is 0 Å². The van der Waals surface area contributed by atoms with Crippen molar-refractivity contribution >= 4 is 28.7 Å². The third-order valence-electron chi connectivity index (χ3n) is 2.94. The maximum atomic E-state index is 11.6. The van der Waals surface area contributed by atoms with Gasteiger partial charge in [-0.25, -0.2) is 4.79 Å². The van der Waals surface area contributed by atoms with Gasteiger partial charge >= 0.3 is 6.03 Å². The molecule has 0 saturated heterocycles. The minimum Gasteiger partial charge on any atom is -0.361 e. The molecule has 1 aromatic heterocycles. The Morgan fingerprint density at radius 3 is 3.05 bits per heavy atom. The molecule has 0 aliphatic heterocycles. The molecule has 0 saturated carbocycles. The van der Waals surface area contributed by atoms with Crippen molar-refractivity contribution in [3.8, 4) is 0 Å². The molecule has 0 atom stereocenters. The van der Waals surface area contributed by atoms with E-state index < -0.39 is 0 Å². The molecule has 0 unspecified atom stereocenters. The Morgan fingerprint density at radius 1 is 1.32 bits per heavy atom. The minimum atomic E-state index is -0.103. The van der Waals surface area contributed by atoms with Crippen LogP contribution in [0.3, 0.4) is 0 Å². The average molecular weight is 277 g/mol. The Bertz CT molecular complexity index is 538. The van der Waals surface area contributed by atoms with Gasteiger partial charge in [-0.1, -0.05) is 12.1 Å². The van der Waals surface area contributed by atoms with Gasteiger partial charge in [0.25, 0.3) is 0 Å². The zero-order chi connectivity index (χ0) is 13.5. The first kappa shape index (κ1) is 13.8. The van der Waals surface area contributed by atoms with Gasteiger partial charge in [-0.3, -0.25) is 0 Å². The van der Waals surface area contributed by atoms with E-state index in [2.05, 4.69) is 21.9 Å². The summed E-state index contributed by atoms with van der Waals surface area (Å²) in [5, 5.41) is 6.90. The van der Waals surface area contributed by atoms with Crippen molar-refractivity contribution in [1.82, 2.24) is 15.6 Å². The number of aromatic amines is 1. The molecule has 0 radical (unpaired) electrons. The second-order valence-corrected chi connectivity index (χ2v) is 5.30. The molecule has 2 aromatic rings. The van der Waals surface area contributed by atoms with Crippen LogP contribution in [0.25, 0.3) is 10.9 Å². The van der Waals surface area contributed by atoms with Crippen LogP contribution in [-0.2, 0) is 6.54 Å². The summed E-state index contributed by atoms with van der Waals surface area (Å²) in [7, 11) is 0. The van der Waals surface area contributed by atoms with Gasteiger partial charge in [-0.2, -0.15) is 11.8 Å². The van der Waals surface area contributed by atoms with E-state index in [9.17, 15) is 4.79 Å². The van der Waals surface area contributed by atoms with Gasteiger partial charge in [0, 0.05) is 30.2 Å². The van der Waals surface area contributed by atoms with Gasteiger partial charge in [0.1, 0.15) is 0 Å². The molecule has 2 rings (SSSR count). The highest BCUT2D eigenvalue weighted by Crippen LogP contribution is 2.16. The van der Waals surface area contributed by atoms with Crippen LogP contribution in [0, 0.1) is 0 Å². The minimum absolute atomic E-state index is 0.103. The van der Waals surface area contributed by atoms with Gasteiger partial charge in [0.05, 0.1) is 0 Å². The Balaban J connectivity index is 1.82. The van der Waals surface area contributed by atoms with Crippen molar-refractivity contribution in [2.24, 2.45) is 0 Å². The van der Waals surface area contributed by atoms with Crippen molar-refractivity contribution in [1.29, 1.82) is 0 Å². The van der Waals surface area contributed by atoms with E-state index in [-0.39, 0.29) is 6.03 Å². The average Bonchev–Trinajstić information content (AvgIpc) is 2.90. The number of carbonyl (C=O) groups is 1. The van der Waals surface area contributed by atoms with E-state index in [1.165, 1.54) is 0 Å². The van der Waals surface area contributed by atoms with Crippen LogP contribution in [0.2, 0.25) is 0 Å². The molecule has 102 valence electrons. The molecule has 19 heavy (non-hydrogen) atoms. The highest BCUT2D eigenvalue weighted by molar-refractivity contribution is 7.98. The van der Waals surface area contributed by atoms with E-state index in [1.54, 1.807) is 11.8 Å². The van der Waals surface area contributed by atoms with Gasteiger partial charge in [0.15, 0.2) is 0 Å². The first-order chi connectivity index (χ1) is 9.31. The van der Waals surface area contributed by atoms with Crippen LogP contribution in [0.15, 0.2) is 30.5 Å². The van der Waals surface area contributed by atoms with Crippen LogP contribution in [0.5, 0.6) is 0 Å². The van der Waals surface area contributed by atoms with E-state index >= 15 is 0 Å². The lowest BCUT2D eigenvalue weighted by atomic mass is 10.1. The summed E-state index contributed by atoms with van der Waals surface area (Å²) >= 11 is 1.79. The Labute approximate surface area is 117 Å².